The second kappa shape index (κ2) is 36.2. The maximum Gasteiger partial charge on any atom is 0.339 e. The number of hydrogen-bond donors (Lipinski definition) is 3. The molecule has 8 aromatic carbocycles. The molecule has 2 aliphatic rings. The van der Waals surface area contributed by atoms with Crippen molar-refractivity contribution < 1.29 is 23.9 Å². The molecule has 0 atom stereocenters. The van der Waals surface area contributed by atoms with E-state index in [9.17, 15) is 28.8 Å². The number of nitrogens with zero attached hydrogens (tertiary/aromatic N) is 18. The lowest BCUT2D eigenvalue weighted by Gasteiger charge is -2.33. The Balaban J connectivity index is 0.000000148. The van der Waals surface area contributed by atoms with Crippen molar-refractivity contribution >= 4 is 97.3 Å². The quantitative estimate of drug-likeness (QED) is 0.0473. The Morgan fingerprint density at radius 2 is 0.647 bits per heavy atom. The van der Waals surface area contributed by atoms with Crippen LogP contribution in [-0.2, 0) is 14.4 Å². The van der Waals surface area contributed by atoms with Crippen LogP contribution in [-0.4, -0.2) is 171 Å². The predicted octanol–water partition coefficient (Wildman–Crippen LogP) is 12.4. The summed E-state index contributed by atoms with van der Waals surface area (Å²) in [6, 6.07) is 62.7. The van der Waals surface area contributed by atoms with Gasteiger partial charge in [0.15, 0.2) is 34.4 Å². The number of carbonyl (C=O) groups excluding carboxylic acids is 3. The summed E-state index contributed by atoms with van der Waals surface area (Å²) in [5.74, 6) is 2.84. The number of amides is 3. The minimum Gasteiger partial charge on any atom is -0.457 e. The van der Waals surface area contributed by atoms with E-state index >= 15 is 0 Å². The Labute approximate surface area is 689 Å². The molecule has 2 saturated carbocycles. The summed E-state index contributed by atoms with van der Waals surface area (Å²) >= 11 is 6.02. The topological polar surface area (TPSA) is 325 Å². The predicted molar refractivity (Wildman–Crippen MR) is 467 cm³/mol. The molecule has 3 amide bonds. The summed E-state index contributed by atoms with van der Waals surface area (Å²) < 4.78 is 20.7. The smallest absolute Gasteiger partial charge is 0.339 e. The van der Waals surface area contributed by atoms with Crippen molar-refractivity contribution in [1.29, 1.82) is 0 Å². The van der Waals surface area contributed by atoms with Gasteiger partial charge in [-0.2, -0.15) is 0 Å². The van der Waals surface area contributed by atoms with Crippen LogP contribution in [0.25, 0.3) is 67.6 Å². The van der Waals surface area contributed by atoms with Gasteiger partial charge in [0.25, 0.3) is 0 Å². The normalized spacial score (nSPS) is 12.8. The third-order valence-electron chi connectivity index (χ3n) is 20.6. The van der Waals surface area contributed by atoms with Gasteiger partial charge in [-0.1, -0.05) is 72.6 Å². The highest BCUT2D eigenvalue weighted by atomic mass is 35.5. The number of aromatic nitrogens is 12. The van der Waals surface area contributed by atoms with Gasteiger partial charge < -0.3 is 46.3 Å². The highest BCUT2D eigenvalue weighted by Gasteiger charge is 2.28. The lowest BCUT2D eigenvalue weighted by molar-refractivity contribution is -0.114. The average molecular weight is 1620 g/mol. The van der Waals surface area contributed by atoms with Crippen LogP contribution in [0.4, 0.5) is 34.5 Å². The molecule has 14 aromatic rings. The van der Waals surface area contributed by atoms with E-state index in [0.717, 1.165) is 13.1 Å². The first-order valence-electron chi connectivity index (χ1n) is 38.4. The van der Waals surface area contributed by atoms with Crippen LogP contribution in [0.1, 0.15) is 32.1 Å². The zero-order valence-corrected chi connectivity index (χ0v) is 67.3. The third-order valence-corrected chi connectivity index (χ3v) is 20.8. The maximum absolute atomic E-state index is 13.9. The fraction of sp³-hybridized carbons (Fsp3) is 0.191. The molecule has 29 nitrogen and oxygen atoms in total. The van der Waals surface area contributed by atoms with Gasteiger partial charge in [0.05, 0.1) is 34.1 Å². The standard InChI is InChI=1S/C33H33N7O3.C32H31N7O3.C24H24ClN7O2/c1-37(23-8-6-9-23)21-7-12-29(41)38(2)24-13-15-26(16-14-24)40-32-30(31(34)35-22-36-32)39(33(40)42)25-17-19-28(20-18-25)43-27-10-4-3-5-11-27;1-36(22-10-11-22)20-6-9-28(40)37(2)23-12-14-25(15-13-23)39-31-29(30(33)34-21-35-31)38(32(39)41)24-16-18-27(19-17-24)42-26-7-4-3-5-8-26;1-29(2)14-4-5-20(33)30(3)17-10-12-19(13-11-17)32-23-21(22(26)27-15-28-23)31(24(32)34)18-8-6-16(25)7-9-18/h3-5,7,10-20,22-23H,6,8-9,21H2,1-2H3,(H2,34,35,36);3-9,12-19,21-22H,10-11,20H2,1-2H3,(H2,33,34,35);4-13,15H,14H2,1-3H3,(H2,26,27,28)/b12-7+;9-6+;5-4+. The minimum atomic E-state index is -0.353. The van der Waals surface area contributed by atoms with Gasteiger partial charge in [0.2, 0.25) is 17.7 Å². The Morgan fingerprint density at radius 1 is 0.370 bits per heavy atom. The maximum atomic E-state index is 13.9. The van der Waals surface area contributed by atoms with Gasteiger partial charge in [0.1, 0.15) is 58.5 Å². The Hall–Kier alpha value is -14.4. The van der Waals surface area contributed by atoms with Crippen molar-refractivity contribution in [3.8, 4) is 57.1 Å². The molecule has 2 aliphatic carbocycles. The van der Waals surface area contributed by atoms with Crippen LogP contribution in [0, 0.1) is 0 Å². The molecule has 2 fully saturated rings. The van der Waals surface area contributed by atoms with Crippen LogP contribution in [0.2, 0.25) is 5.02 Å². The number of para-hydroxylation sites is 2. The molecule has 30 heteroatoms. The fourth-order valence-corrected chi connectivity index (χ4v) is 13.7. The number of benzene rings is 8. The van der Waals surface area contributed by atoms with Crippen molar-refractivity contribution in [2.45, 2.75) is 44.2 Å². The molecule has 6 N–H and O–H groups in total. The Kier molecular flexibility index (Phi) is 24.7. The van der Waals surface area contributed by atoms with Gasteiger partial charge in [-0.05, 0) is 224 Å². The fourth-order valence-electron chi connectivity index (χ4n) is 13.6. The van der Waals surface area contributed by atoms with E-state index in [4.69, 9.17) is 38.3 Å². The van der Waals surface area contributed by atoms with Crippen LogP contribution < -0.4 is 58.4 Å². The third kappa shape index (κ3) is 18.2. The summed E-state index contributed by atoms with van der Waals surface area (Å²) in [7, 11) is 13.2. The number of carbonyl (C=O) groups is 3. The second-order valence-electron chi connectivity index (χ2n) is 28.9. The zero-order chi connectivity index (χ0) is 83.5. The molecule has 0 aliphatic heterocycles. The Bertz CT molecular complexity index is 6260. The second-order valence-corrected chi connectivity index (χ2v) is 29.3. The number of hydrogen-bond acceptors (Lipinski definition) is 20. The molecule has 0 radical (unpaired) electrons. The summed E-state index contributed by atoms with van der Waals surface area (Å²) in [6.45, 7) is 2.15. The number of fused-ring (bicyclic) bond motifs is 3. The Morgan fingerprint density at radius 3 is 0.941 bits per heavy atom. The van der Waals surface area contributed by atoms with Gasteiger partial charge in [-0.3, -0.25) is 37.9 Å². The van der Waals surface area contributed by atoms with Crippen molar-refractivity contribution in [2.24, 2.45) is 0 Å². The van der Waals surface area contributed by atoms with Crippen LogP contribution in [0.5, 0.6) is 23.0 Å². The number of nitrogens with two attached hydrogens (primary N) is 3. The molecule has 604 valence electrons. The number of ether oxygens (including phenoxy) is 2. The van der Waals surface area contributed by atoms with E-state index in [1.165, 1.54) is 89.5 Å². The van der Waals surface area contributed by atoms with E-state index < -0.39 is 0 Å². The summed E-state index contributed by atoms with van der Waals surface area (Å²) in [6.07, 6.45) is 20.5. The van der Waals surface area contributed by atoms with Gasteiger partial charge in [0, 0.05) is 93.2 Å². The number of rotatable bonds is 24. The van der Waals surface area contributed by atoms with Crippen molar-refractivity contribution in [3.05, 3.63) is 298 Å². The SMILES string of the molecule is CN(C(=O)/C=C/CN(C)C1CC1)c1ccc(-n2c(=O)n(-c3ccc(Oc4ccccc4)cc3)c3c(N)ncnc32)cc1.CN(C(=O)/C=C/CN(C)C1CCC1)c1ccc(-n2c(=O)n(-c3ccc(Oc4ccccc4)cc3)c3c(N)ncnc32)cc1.CN(C)C/C=C/C(=O)N(C)c1ccc(-n2c(=O)n(-c3ccc(Cl)cc3)c3c(N)ncnc32)cc1. The summed E-state index contributed by atoms with van der Waals surface area (Å²) in [4.78, 5) is 116. The highest BCUT2D eigenvalue weighted by molar-refractivity contribution is 6.30. The van der Waals surface area contributed by atoms with Crippen LogP contribution in [0.3, 0.4) is 0 Å². The first kappa shape index (κ1) is 81.2. The monoisotopic (exact) mass is 1610 g/mol. The average Bonchev–Trinajstić information content (AvgIpc) is 1.60. The first-order chi connectivity index (χ1) is 57.6. The van der Waals surface area contributed by atoms with E-state index in [2.05, 4.69) is 53.8 Å². The molecule has 0 spiro atoms. The first-order valence-corrected chi connectivity index (χ1v) is 38.8. The van der Waals surface area contributed by atoms with E-state index in [1.807, 2.05) is 97.9 Å². The number of imidazole rings is 3. The lowest BCUT2D eigenvalue weighted by Crippen LogP contribution is -2.37. The largest absolute Gasteiger partial charge is 0.457 e. The number of likely N-dealkylation sites (N-methyl/N-ethyl adjacent to an activating group) is 6. The van der Waals surface area contributed by atoms with E-state index in [1.54, 1.807) is 189 Å². The van der Waals surface area contributed by atoms with Crippen molar-refractivity contribution in [3.63, 3.8) is 0 Å². The molecule has 6 aromatic heterocycles. The highest BCUT2D eigenvalue weighted by Crippen LogP contribution is 2.33. The number of anilines is 6. The molecular formula is C89H88ClN21O8. The van der Waals surface area contributed by atoms with Crippen LogP contribution in [0.15, 0.2) is 276 Å². The van der Waals surface area contributed by atoms with Crippen molar-refractivity contribution in [1.82, 2.24) is 72.0 Å². The molecule has 16 rings (SSSR count). The van der Waals surface area contributed by atoms with E-state index in [0.29, 0.717) is 131 Å². The summed E-state index contributed by atoms with van der Waals surface area (Å²) in [5, 5.41) is 0.551. The van der Waals surface area contributed by atoms with Gasteiger partial charge in [-0.25, -0.2) is 58.0 Å². The summed E-state index contributed by atoms with van der Waals surface area (Å²) in [5.41, 5.74) is 25.5. The number of nitrogen functional groups attached to an aromatic ring is 3. The molecule has 0 saturated heterocycles. The molecule has 0 bridgehead atoms. The lowest BCUT2D eigenvalue weighted by atomic mass is 9.92. The number of halogens is 1. The molecule has 119 heavy (non-hydrogen) atoms. The molecule has 0 unspecified atom stereocenters. The van der Waals surface area contributed by atoms with Gasteiger partial charge >= 0.3 is 17.1 Å². The van der Waals surface area contributed by atoms with E-state index in [-0.39, 0.29) is 52.2 Å². The van der Waals surface area contributed by atoms with Crippen LogP contribution >= 0.6 is 11.6 Å². The molecular weight excluding hydrogens is 1530 g/mol. The molecule has 6 heterocycles. The van der Waals surface area contributed by atoms with Crippen molar-refractivity contribution in [2.75, 3.05) is 101 Å². The van der Waals surface area contributed by atoms with Gasteiger partial charge in [-0.15, -0.1) is 0 Å². The zero-order valence-electron chi connectivity index (χ0n) is 66.6. The minimum absolute atomic E-state index is 0.122.